The maximum atomic E-state index is 6.13. The molecule has 0 bridgehead atoms. The second-order valence-corrected chi connectivity index (χ2v) is 9.30. The first kappa shape index (κ1) is 22.2. The number of benzene rings is 4. The zero-order chi connectivity index (χ0) is 23.3. The first-order chi connectivity index (χ1) is 16.7. The summed E-state index contributed by atoms with van der Waals surface area (Å²) >= 11 is 3.52. The monoisotopic (exact) mass is 511 g/mol. The molecule has 1 heterocycles. The Hall–Kier alpha value is -3.57. The van der Waals surface area contributed by atoms with Crippen LogP contribution < -0.4 is 10.2 Å². The third kappa shape index (κ3) is 4.85. The highest BCUT2D eigenvalue weighted by molar-refractivity contribution is 9.10. The molecule has 0 amide bonds. The maximum absolute atomic E-state index is 6.13. The number of amidine groups is 1. The number of halogens is 1. The molecule has 0 radical (unpaired) electrons. The van der Waals surface area contributed by atoms with Crippen LogP contribution in [-0.4, -0.2) is 12.4 Å². The van der Waals surface area contributed by atoms with E-state index in [2.05, 4.69) is 98.9 Å². The summed E-state index contributed by atoms with van der Waals surface area (Å²) in [6.45, 7) is 2.77. The smallest absolute Gasteiger partial charge is 0.164 e. The summed E-state index contributed by atoms with van der Waals surface area (Å²) in [5, 5.41) is 8.28. The second kappa shape index (κ2) is 10.1. The van der Waals surface area contributed by atoms with Crippen LogP contribution in [0.4, 0.5) is 17.1 Å². The van der Waals surface area contributed by atoms with Gasteiger partial charge in [-0.3, -0.25) is 4.90 Å². The van der Waals surface area contributed by atoms with Crippen LogP contribution in [0.15, 0.2) is 119 Å². The molecule has 0 spiro atoms. The Kier molecular flexibility index (Phi) is 6.63. The van der Waals surface area contributed by atoms with Crippen molar-refractivity contribution >= 4 is 38.8 Å². The minimum atomic E-state index is -0.187. The summed E-state index contributed by atoms with van der Waals surface area (Å²) in [4.78, 5) is 8.33. The third-order valence-electron chi connectivity index (χ3n) is 5.99. The van der Waals surface area contributed by atoms with Gasteiger partial charge in [0.2, 0.25) is 0 Å². The van der Waals surface area contributed by atoms with Gasteiger partial charge < -0.3 is 10.2 Å². The van der Waals surface area contributed by atoms with E-state index >= 15 is 0 Å². The summed E-state index contributed by atoms with van der Waals surface area (Å²) in [7, 11) is 0. The lowest BCUT2D eigenvalue weighted by molar-refractivity contribution is 0.0640. The van der Waals surface area contributed by atoms with E-state index in [1.54, 1.807) is 0 Å². The quantitative estimate of drug-likeness (QED) is 0.288. The van der Waals surface area contributed by atoms with Crippen LogP contribution in [-0.2, 0) is 4.84 Å². The number of aryl methyl sites for hydroxylation is 1. The van der Waals surface area contributed by atoms with Gasteiger partial charge in [-0.25, -0.2) is 0 Å². The Labute approximate surface area is 209 Å². The highest BCUT2D eigenvalue weighted by Crippen LogP contribution is 2.38. The lowest BCUT2D eigenvalue weighted by Crippen LogP contribution is -2.36. The molecular formula is C29H26BrN3O. The second-order valence-electron chi connectivity index (χ2n) is 8.39. The van der Waals surface area contributed by atoms with Crippen LogP contribution in [0.1, 0.15) is 17.2 Å². The lowest BCUT2D eigenvalue weighted by Gasteiger charge is -2.29. The predicted molar refractivity (Wildman–Crippen MR) is 144 cm³/mol. The lowest BCUT2D eigenvalue weighted by atomic mass is 9.93. The van der Waals surface area contributed by atoms with Crippen LogP contribution in [0.25, 0.3) is 0 Å². The predicted octanol–water partition coefficient (Wildman–Crippen LogP) is 7.71. The molecule has 1 aliphatic heterocycles. The number of nitrogens with zero attached hydrogens (tertiary/aromatic N) is 2. The van der Waals surface area contributed by atoms with Crippen molar-refractivity contribution < 1.29 is 4.84 Å². The topological polar surface area (TPSA) is 36.9 Å². The molecule has 4 aromatic carbocycles. The van der Waals surface area contributed by atoms with E-state index in [-0.39, 0.29) is 12.0 Å². The van der Waals surface area contributed by atoms with Crippen molar-refractivity contribution in [3.05, 3.63) is 125 Å². The van der Waals surface area contributed by atoms with Gasteiger partial charge in [0.15, 0.2) is 11.9 Å². The molecule has 0 fully saturated rings. The first-order valence-corrected chi connectivity index (χ1v) is 12.2. The van der Waals surface area contributed by atoms with E-state index < -0.39 is 0 Å². The molecular weight excluding hydrogens is 486 g/mol. The molecule has 2 unspecified atom stereocenters. The third-order valence-corrected chi connectivity index (χ3v) is 6.52. The largest absolute Gasteiger partial charge is 0.385 e. The van der Waals surface area contributed by atoms with Gasteiger partial charge in [-0.2, -0.15) is 0 Å². The number of anilines is 3. The zero-order valence-electron chi connectivity index (χ0n) is 18.9. The van der Waals surface area contributed by atoms with Gasteiger partial charge in [-0.1, -0.05) is 87.3 Å². The Bertz CT molecular complexity index is 1200. The normalized spacial score (nSPS) is 17.1. The Morgan fingerprint density at radius 1 is 0.794 bits per heavy atom. The van der Waals surface area contributed by atoms with Crippen molar-refractivity contribution in [1.29, 1.82) is 0 Å². The van der Waals surface area contributed by atoms with Gasteiger partial charge in [0.1, 0.15) is 0 Å². The summed E-state index contributed by atoms with van der Waals surface area (Å²) in [5.41, 5.74) is 5.50. The number of hydrogen-bond acceptors (Lipinski definition) is 4. The molecule has 1 N–H and O–H groups in total. The molecule has 4 aromatic rings. The zero-order valence-corrected chi connectivity index (χ0v) is 20.5. The van der Waals surface area contributed by atoms with Gasteiger partial charge >= 0.3 is 0 Å². The van der Waals surface area contributed by atoms with Crippen LogP contribution in [0.5, 0.6) is 0 Å². The highest BCUT2D eigenvalue weighted by atomic mass is 79.9. The van der Waals surface area contributed by atoms with Crippen molar-refractivity contribution in [1.82, 2.24) is 0 Å². The fourth-order valence-electron chi connectivity index (χ4n) is 4.20. The number of hydrogen-bond donors (Lipinski definition) is 1. The minimum Gasteiger partial charge on any atom is -0.385 e. The number of nitrogens with one attached hydrogen (secondary N) is 1. The molecule has 1 aliphatic rings. The number of oxime groups is 1. The average molecular weight is 512 g/mol. The maximum Gasteiger partial charge on any atom is 0.164 e. The molecule has 5 heteroatoms. The van der Waals surface area contributed by atoms with Crippen LogP contribution in [0.2, 0.25) is 0 Å². The van der Waals surface area contributed by atoms with E-state index in [0.717, 1.165) is 32.9 Å². The van der Waals surface area contributed by atoms with Crippen LogP contribution in [0, 0.1) is 12.8 Å². The molecule has 0 aliphatic carbocycles. The molecule has 5 rings (SSSR count). The molecule has 2 atom stereocenters. The van der Waals surface area contributed by atoms with E-state index in [1.165, 1.54) is 5.56 Å². The summed E-state index contributed by atoms with van der Waals surface area (Å²) < 4.78 is 1.06. The Morgan fingerprint density at radius 3 is 1.97 bits per heavy atom. The summed E-state index contributed by atoms with van der Waals surface area (Å²) in [6.07, 6.45) is -0.187. The fraction of sp³-hybridized carbons (Fsp3) is 0.138. The van der Waals surface area contributed by atoms with Crippen molar-refractivity contribution in [3.8, 4) is 0 Å². The van der Waals surface area contributed by atoms with E-state index in [0.29, 0.717) is 6.54 Å². The molecule has 4 nitrogen and oxygen atoms in total. The average Bonchev–Trinajstić information content (AvgIpc) is 3.29. The van der Waals surface area contributed by atoms with Gasteiger partial charge in [-0.15, -0.1) is 0 Å². The molecule has 34 heavy (non-hydrogen) atoms. The van der Waals surface area contributed by atoms with Crippen molar-refractivity contribution in [2.75, 3.05) is 16.8 Å². The summed E-state index contributed by atoms with van der Waals surface area (Å²) in [6, 6.07) is 37.4. The van der Waals surface area contributed by atoms with E-state index in [1.807, 2.05) is 48.5 Å². The molecule has 170 valence electrons. The van der Waals surface area contributed by atoms with E-state index in [4.69, 9.17) is 4.84 Å². The Balaban J connectivity index is 1.52. The molecule has 0 saturated carbocycles. The standard InChI is InChI=1S/C29H26BrN3O/c1-21-12-14-22(15-13-21)28-27(20-31-24-18-16-23(30)17-19-24)29(32-34-28)33(25-8-4-2-5-9-25)26-10-6-3-7-11-26/h2-19,27-28,31H,20H2,1H3. The van der Waals surface area contributed by atoms with Gasteiger partial charge in [0.25, 0.3) is 0 Å². The van der Waals surface area contributed by atoms with Crippen molar-refractivity contribution in [3.63, 3.8) is 0 Å². The van der Waals surface area contributed by atoms with E-state index in [9.17, 15) is 0 Å². The fourth-order valence-corrected chi connectivity index (χ4v) is 4.47. The highest BCUT2D eigenvalue weighted by Gasteiger charge is 2.39. The number of para-hydroxylation sites is 2. The molecule has 0 aromatic heterocycles. The van der Waals surface area contributed by atoms with Gasteiger partial charge in [0.05, 0.1) is 5.92 Å². The molecule has 0 saturated heterocycles. The van der Waals surface area contributed by atoms with Crippen molar-refractivity contribution in [2.24, 2.45) is 11.1 Å². The van der Waals surface area contributed by atoms with Crippen molar-refractivity contribution in [2.45, 2.75) is 13.0 Å². The number of rotatable bonds is 6. The van der Waals surface area contributed by atoms with Crippen LogP contribution >= 0.6 is 15.9 Å². The summed E-state index contributed by atoms with van der Waals surface area (Å²) in [5.74, 6) is 0.874. The Morgan fingerprint density at radius 2 is 1.38 bits per heavy atom. The SMILES string of the molecule is Cc1ccc(C2ON=C(N(c3ccccc3)c3ccccc3)C2CNc2ccc(Br)cc2)cc1. The van der Waals surface area contributed by atoms with Gasteiger partial charge in [0, 0.05) is 28.1 Å². The first-order valence-electron chi connectivity index (χ1n) is 11.4. The van der Waals surface area contributed by atoms with Crippen LogP contribution in [0.3, 0.4) is 0 Å². The van der Waals surface area contributed by atoms with Gasteiger partial charge in [-0.05, 0) is 61.0 Å². The minimum absolute atomic E-state index is 0.00762.